The summed E-state index contributed by atoms with van der Waals surface area (Å²) in [4.78, 5) is 22.9. The van der Waals surface area contributed by atoms with Crippen molar-refractivity contribution in [2.45, 2.75) is 39.0 Å². The van der Waals surface area contributed by atoms with Gasteiger partial charge in [-0.05, 0) is 42.4 Å². The molecule has 1 saturated carbocycles. The van der Waals surface area contributed by atoms with Gasteiger partial charge >= 0.3 is 5.97 Å². The summed E-state index contributed by atoms with van der Waals surface area (Å²) in [5.41, 5.74) is 0.964. The molecule has 1 fully saturated rings. The van der Waals surface area contributed by atoms with Gasteiger partial charge in [0, 0.05) is 6.54 Å². The summed E-state index contributed by atoms with van der Waals surface area (Å²) >= 11 is 0. The molecule has 2 unspecified atom stereocenters. The largest absolute Gasteiger partial charge is 0.478 e. The quantitative estimate of drug-likeness (QED) is 0.876. The number of carbonyl (C=O) groups excluding carboxylic acids is 1. The van der Waals surface area contributed by atoms with Crippen LogP contribution in [0, 0.1) is 11.8 Å². The van der Waals surface area contributed by atoms with E-state index in [9.17, 15) is 9.59 Å². The molecule has 4 nitrogen and oxygen atoms in total. The first-order chi connectivity index (χ1) is 10.0. The summed E-state index contributed by atoms with van der Waals surface area (Å²) in [5, 5.41) is 11.9. The predicted molar refractivity (Wildman–Crippen MR) is 81.2 cm³/mol. The molecule has 1 aromatic rings. The van der Waals surface area contributed by atoms with Gasteiger partial charge in [-0.1, -0.05) is 31.9 Å². The molecule has 2 N–H and O–H groups in total. The van der Waals surface area contributed by atoms with Crippen LogP contribution in [0.3, 0.4) is 0 Å². The van der Waals surface area contributed by atoms with Crippen LogP contribution in [0.2, 0.25) is 0 Å². The topological polar surface area (TPSA) is 66.4 Å². The van der Waals surface area contributed by atoms with Crippen LogP contribution in [0.1, 0.15) is 48.5 Å². The van der Waals surface area contributed by atoms with Gasteiger partial charge in [0.05, 0.1) is 12.0 Å². The van der Waals surface area contributed by atoms with Gasteiger partial charge in [0.25, 0.3) is 0 Å². The molecule has 1 aromatic carbocycles. The number of carbonyl (C=O) groups is 2. The second-order valence-corrected chi connectivity index (χ2v) is 6.12. The van der Waals surface area contributed by atoms with Crippen LogP contribution in [-0.4, -0.2) is 23.5 Å². The lowest BCUT2D eigenvalue weighted by Crippen LogP contribution is -2.32. The maximum absolute atomic E-state index is 12.0. The van der Waals surface area contributed by atoms with E-state index in [-0.39, 0.29) is 17.9 Å². The SMILES string of the molecule is CC1CCCC(CNC(=O)Cc2cccc(C(=O)O)c2)C1. The zero-order valence-electron chi connectivity index (χ0n) is 12.5. The van der Waals surface area contributed by atoms with Gasteiger partial charge in [-0.2, -0.15) is 0 Å². The highest BCUT2D eigenvalue weighted by Gasteiger charge is 2.19. The van der Waals surface area contributed by atoms with Crippen LogP contribution >= 0.6 is 0 Å². The Hall–Kier alpha value is -1.84. The molecule has 0 aromatic heterocycles. The molecule has 21 heavy (non-hydrogen) atoms. The van der Waals surface area contributed by atoms with Gasteiger partial charge in [-0.15, -0.1) is 0 Å². The molecule has 1 aliphatic rings. The van der Waals surface area contributed by atoms with Gasteiger partial charge < -0.3 is 10.4 Å². The fraction of sp³-hybridized carbons (Fsp3) is 0.529. The fourth-order valence-electron chi connectivity index (χ4n) is 3.07. The number of amides is 1. The average molecular weight is 289 g/mol. The van der Waals surface area contributed by atoms with Crippen molar-refractivity contribution in [3.8, 4) is 0 Å². The lowest BCUT2D eigenvalue weighted by Gasteiger charge is -2.26. The van der Waals surface area contributed by atoms with E-state index < -0.39 is 5.97 Å². The van der Waals surface area contributed by atoms with E-state index >= 15 is 0 Å². The van der Waals surface area contributed by atoms with Gasteiger partial charge in [-0.3, -0.25) is 4.79 Å². The minimum Gasteiger partial charge on any atom is -0.478 e. The fourth-order valence-corrected chi connectivity index (χ4v) is 3.07. The number of rotatable bonds is 5. The van der Waals surface area contributed by atoms with Crippen molar-refractivity contribution in [1.29, 1.82) is 0 Å². The van der Waals surface area contributed by atoms with E-state index in [4.69, 9.17) is 5.11 Å². The van der Waals surface area contributed by atoms with E-state index in [0.29, 0.717) is 5.92 Å². The molecule has 0 saturated heterocycles. The minimum atomic E-state index is -0.964. The van der Waals surface area contributed by atoms with E-state index in [1.807, 2.05) is 0 Å². The van der Waals surface area contributed by atoms with Crippen LogP contribution in [0.15, 0.2) is 24.3 Å². The number of carboxylic acid groups (broad SMARTS) is 1. The Morgan fingerprint density at radius 3 is 2.86 bits per heavy atom. The Kier molecular flexibility index (Phi) is 5.37. The van der Waals surface area contributed by atoms with E-state index in [1.54, 1.807) is 18.2 Å². The van der Waals surface area contributed by atoms with Gasteiger partial charge in [-0.25, -0.2) is 4.79 Å². The molecule has 0 radical (unpaired) electrons. The first-order valence-electron chi connectivity index (χ1n) is 7.63. The third-order valence-electron chi connectivity index (χ3n) is 4.17. The first kappa shape index (κ1) is 15.5. The van der Waals surface area contributed by atoms with Crippen molar-refractivity contribution in [1.82, 2.24) is 5.32 Å². The number of aromatic carboxylic acids is 1. The van der Waals surface area contributed by atoms with Gasteiger partial charge in [0.1, 0.15) is 0 Å². The Labute approximate surface area is 125 Å². The first-order valence-corrected chi connectivity index (χ1v) is 7.63. The molecule has 0 heterocycles. The van der Waals surface area contributed by atoms with Crippen molar-refractivity contribution < 1.29 is 14.7 Å². The molecule has 4 heteroatoms. The van der Waals surface area contributed by atoms with Crippen molar-refractivity contribution in [2.24, 2.45) is 11.8 Å². The highest BCUT2D eigenvalue weighted by atomic mass is 16.4. The third-order valence-corrected chi connectivity index (χ3v) is 4.17. The maximum atomic E-state index is 12.0. The molecular formula is C17H23NO3. The van der Waals surface area contributed by atoms with Gasteiger partial charge in [0.15, 0.2) is 0 Å². The normalized spacial score (nSPS) is 21.8. The van der Waals surface area contributed by atoms with Crippen LogP contribution in [0.5, 0.6) is 0 Å². The smallest absolute Gasteiger partial charge is 0.335 e. The lowest BCUT2D eigenvalue weighted by atomic mass is 9.82. The van der Waals surface area contributed by atoms with Gasteiger partial charge in [0.2, 0.25) is 5.91 Å². The number of nitrogens with one attached hydrogen (secondary N) is 1. The third kappa shape index (κ3) is 4.88. The lowest BCUT2D eigenvalue weighted by molar-refractivity contribution is -0.120. The van der Waals surface area contributed by atoms with Crippen LogP contribution < -0.4 is 5.32 Å². The van der Waals surface area contributed by atoms with Crippen molar-refractivity contribution in [2.75, 3.05) is 6.54 Å². The molecule has 114 valence electrons. The molecule has 0 aliphatic heterocycles. The maximum Gasteiger partial charge on any atom is 0.335 e. The summed E-state index contributed by atoms with van der Waals surface area (Å²) < 4.78 is 0. The molecule has 2 rings (SSSR count). The molecule has 1 amide bonds. The average Bonchev–Trinajstić information content (AvgIpc) is 2.45. The van der Waals surface area contributed by atoms with Crippen LogP contribution in [-0.2, 0) is 11.2 Å². The van der Waals surface area contributed by atoms with Crippen molar-refractivity contribution in [3.63, 3.8) is 0 Å². The Balaban J connectivity index is 1.81. The van der Waals surface area contributed by atoms with Crippen molar-refractivity contribution >= 4 is 11.9 Å². The zero-order valence-corrected chi connectivity index (χ0v) is 12.5. The minimum absolute atomic E-state index is 0.0317. The van der Waals surface area contributed by atoms with E-state index in [2.05, 4.69) is 12.2 Å². The number of carboxylic acids is 1. The second-order valence-electron chi connectivity index (χ2n) is 6.12. The molecule has 1 aliphatic carbocycles. The Bertz CT molecular complexity index is 513. The van der Waals surface area contributed by atoms with Crippen molar-refractivity contribution in [3.05, 3.63) is 35.4 Å². The Morgan fingerprint density at radius 1 is 1.33 bits per heavy atom. The number of hydrogen-bond acceptors (Lipinski definition) is 2. The summed E-state index contributed by atoms with van der Waals surface area (Å²) in [6, 6.07) is 6.56. The highest BCUT2D eigenvalue weighted by molar-refractivity contribution is 5.88. The molecule has 2 atom stereocenters. The number of benzene rings is 1. The number of hydrogen-bond donors (Lipinski definition) is 2. The van der Waals surface area contributed by atoms with E-state index in [1.165, 1.54) is 31.7 Å². The molecule has 0 spiro atoms. The summed E-state index contributed by atoms with van der Waals surface area (Å²) in [6.45, 7) is 3.01. The molecular weight excluding hydrogens is 266 g/mol. The molecule has 0 bridgehead atoms. The van der Waals surface area contributed by atoms with Crippen LogP contribution in [0.25, 0.3) is 0 Å². The summed E-state index contributed by atoms with van der Waals surface area (Å²) in [5.74, 6) is 0.347. The standard InChI is InChI=1S/C17H23NO3/c1-12-4-2-6-14(8-12)11-18-16(19)10-13-5-3-7-15(9-13)17(20)21/h3,5,7,9,12,14H,2,4,6,8,10-11H2,1H3,(H,18,19)(H,20,21). The second kappa shape index (κ2) is 7.25. The summed E-state index contributed by atoms with van der Waals surface area (Å²) in [7, 11) is 0. The predicted octanol–water partition coefficient (Wildman–Crippen LogP) is 2.87. The Morgan fingerprint density at radius 2 is 2.14 bits per heavy atom. The highest BCUT2D eigenvalue weighted by Crippen LogP contribution is 2.27. The monoisotopic (exact) mass is 289 g/mol. The zero-order chi connectivity index (χ0) is 15.2. The van der Waals surface area contributed by atoms with E-state index in [0.717, 1.165) is 18.0 Å². The summed E-state index contributed by atoms with van der Waals surface area (Å²) in [6.07, 6.45) is 5.17. The van der Waals surface area contributed by atoms with Crippen LogP contribution in [0.4, 0.5) is 0 Å².